The number of nitriles is 1. The van der Waals surface area contributed by atoms with Crippen LogP contribution in [0.2, 0.25) is 5.02 Å². The Morgan fingerprint density at radius 1 is 1.62 bits per heavy atom. The largest absolute Gasteiger partial charge is 0.327 e. The van der Waals surface area contributed by atoms with Crippen LogP contribution < -0.4 is 5.32 Å². The molecule has 0 unspecified atom stereocenters. The van der Waals surface area contributed by atoms with Gasteiger partial charge < -0.3 is 5.32 Å². The van der Waals surface area contributed by atoms with Gasteiger partial charge in [-0.3, -0.25) is 4.79 Å². The van der Waals surface area contributed by atoms with Crippen molar-refractivity contribution >= 4 is 46.3 Å². The van der Waals surface area contributed by atoms with Crippen molar-refractivity contribution in [3.63, 3.8) is 0 Å². The van der Waals surface area contributed by atoms with Crippen molar-refractivity contribution in [2.75, 3.05) is 5.32 Å². The van der Waals surface area contributed by atoms with E-state index in [2.05, 4.69) is 5.32 Å². The summed E-state index contributed by atoms with van der Waals surface area (Å²) in [6, 6.07) is 5.13. The molecular formula is C8H4ClIN2O. The van der Waals surface area contributed by atoms with Gasteiger partial charge in [-0.1, -0.05) is 11.6 Å². The minimum absolute atomic E-state index is 0.371. The molecule has 0 aliphatic heterocycles. The Bertz CT molecular complexity index is 363. The molecule has 0 bridgehead atoms. The highest BCUT2D eigenvalue weighted by molar-refractivity contribution is 14.1. The Kier molecular flexibility index (Phi) is 3.51. The van der Waals surface area contributed by atoms with Crippen LogP contribution in [0.25, 0.3) is 0 Å². The zero-order valence-electron chi connectivity index (χ0n) is 6.34. The third kappa shape index (κ3) is 2.32. The van der Waals surface area contributed by atoms with Crippen molar-refractivity contribution in [3.8, 4) is 6.07 Å². The van der Waals surface area contributed by atoms with Crippen LogP contribution in [0.1, 0.15) is 5.56 Å². The summed E-state index contributed by atoms with van der Waals surface area (Å²) in [7, 11) is 0. The second kappa shape index (κ2) is 4.44. The summed E-state index contributed by atoms with van der Waals surface area (Å²) in [6.07, 6.45) is 0.551. The zero-order valence-corrected chi connectivity index (χ0v) is 9.26. The zero-order chi connectivity index (χ0) is 9.84. The Hall–Kier alpha value is -0.800. The highest BCUT2D eigenvalue weighted by Gasteiger charge is 2.06. The first kappa shape index (κ1) is 10.3. The van der Waals surface area contributed by atoms with Gasteiger partial charge in [0.05, 0.1) is 22.3 Å². The smallest absolute Gasteiger partial charge is 0.211 e. The molecule has 0 saturated carbocycles. The van der Waals surface area contributed by atoms with Crippen molar-refractivity contribution in [2.24, 2.45) is 0 Å². The Balaban J connectivity index is 3.24. The quantitative estimate of drug-likeness (QED) is 0.674. The van der Waals surface area contributed by atoms with Gasteiger partial charge >= 0.3 is 0 Å². The fourth-order valence-electron chi connectivity index (χ4n) is 0.834. The normalized spacial score (nSPS) is 9.00. The predicted octanol–water partition coefficient (Wildman–Crippen LogP) is 2.38. The molecule has 0 heterocycles. The summed E-state index contributed by atoms with van der Waals surface area (Å²) >= 11 is 7.82. The first-order valence-electron chi connectivity index (χ1n) is 3.28. The number of benzene rings is 1. The number of rotatable bonds is 2. The highest BCUT2D eigenvalue weighted by Crippen LogP contribution is 2.28. The molecule has 0 fully saturated rings. The van der Waals surface area contributed by atoms with Gasteiger partial charge in [0, 0.05) is 3.57 Å². The second-order valence-electron chi connectivity index (χ2n) is 2.19. The first-order valence-corrected chi connectivity index (χ1v) is 4.74. The molecule has 0 spiro atoms. The molecular weight excluding hydrogens is 302 g/mol. The van der Waals surface area contributed by atoms with Crippen molar-refractivity contribution in [2.45, 2.75) is 0 Å². The lowest BCUT2D eigenvalue weighted by Crippen LogP contribution is -1.97. The van der Waals surface area contributed by atoms with Crippen molar-refractivity contribution in [1.29, 1.82) is 5.26 Å². The van der Waals surface area contributed by atoms with Crippen molar-refractivity contribution < 1.29 is 4.79 Å². The summed E-state index contributed by atoms with van der Waals surface area (Å²) in [6.45, 7) is 0. The number of hydrogen-bond donors (Lipinski definition) is 1. The number of carbonyl (C=O) groups is 1. The van der Waals surface area contributed by atoms with E-state index >= 15 is 0 Å². The predicted molar refractivity (Wildman–Crippen MR) is 58.6 cm³/mol. The fraction of sp³-hybridized carbons (Fsp3) is 0. The molecule has 0 aliphatic carbocycles. The summed E-state index contributed by atoms with van der Waals surface area (Å²) in [5, 5.41) is 11.4. The van der Waals surface area contributed by atoms with Gasteiger partial charge in [0.2, 0.25) is 6.41 Å². The molecule has 0 saturated heterocycles. The van der Waals surface area contributed by atoms with E-state index in [1.165, 1.54) is 6.07 Å². The Morgan fingerprint density at radius 3 is 2.77 bits per heavy atom. The SMILES string of the molecule is N#Cc1cc(Cl)c(NC=O)c(I)c1. The van der Waals surface area contributed by atoms with Crippen LogP contribution in [0.4, 0.5) is 5.69 Å². The van der Waals surface area contributed by atoms with E-state index in [-0.39, 0.29) is 0 Å². The highest BCUT2D eigenvalue weighted by atomic mass is 127. The molecule has 1 rings (SSSR count). The average molecular weight is 306 g/mol. The van der Waals surface area contributed by atoms with Crippen LogP contribution in [0, 0.1) is 14.9 Å². The molecule has 1 amide bonds. The van der Waals surface area contributed by atoms with Gasteiger partial charge in [-0.2, -0.15) is 5.26 Å². The van der Waals surface area contributed by atoms with E-state index in [9.17, 15) is 4.79 Å². The minimum atomic E-state index is 0.371. The molecule has 1 N–H and O–H groups in total. The van der Waals surface area contributed by atoms with Crippen LogP contribution in [-0.4, -0.2) is 6.41 Å². The Morgan fingerprint density at radius 2 is 2.31 bits per heavy atom. The number of halogens is 2. The summed E-state index contributed by atoms with van der Waals surface area (Å²) < 4.78 is 0.744. The maximum absolute atomic E-state index is 10.2. The van der Waals surface area contributed by atoms with Crippen LogP contribution in [-0.2, 0) is 4.79 Å². The molecule has 66 valence electrons. The number of carbonyl (C=O) groups excluding carboxylic acids is 1. The third-order valence-electron chi connectivity index (χ3n) is 1.37. The van der Waals surface area contributed by atoms with E-state index in [1.54, 1.807) is 6.07 Å². The van der Waals surface area contributed by atoms with Crippen LogP contribution in [0.3, 0.4) is 0 Å². The van der Waals surface area contributed by atoms with Gasteiger partial charge in [-0.05, 0) is 34.7 Å². The van der Waals surface area contributed by atoms with Gasteiger partial charge in [0.25, 0.3) is 0 Å². The number of nitrogens with zero attached hydrogens (tertiary/aromatic N) is 1. The average Bonchev–Trinajstić information content (AvgIpc) is 2.11. The molecule has 3 nitrogen and oxygen atoms in total. The standard InChI is InChI=1S/C8H4ClIN2O/c9-6-1-5(3-11)2-7(10)8(6)12-4-13/h1-2,4H,(H,12,13). The molecule has 1 aromatic carbocycles. The number of hydrogen-bond acceptors (Lipinski definition) is 2. The minimum Gasteiger partial charge on any atom is -0.327 e. The monoisotopic (exact) mass is 306 g/mol. The molecule has 0 aromatic heterocycles. The maximum atomic E-state index is 10.2. The maximum Gasteiger partial charge on any atom is 0.211 e. The van der Waals surface area contributed by atoms with E-state index in [1.807, 2.05) is 28.7 Å². The second-order valence-corrected chi connectivity index (χ2v) is 3.76. The van der Waals surface area contributed by atoms with E-state index in [4.69, 9.17) is 16.9 Å². The topological polar surface area (TPSA) is 52.9 Å². The number of nitrogens with one attached hydrogen (secondary N) is 1. The molecule has 5 heteroatoms. The number of amides is 1. The summed E-state index contributed by atoms with van der Waals surface area (Å²) in [5.41, 5.74) is 1.02. The van der Waals surface area contributed by atoms with Gasteiger partial charge in [-0.25, -0.2) is 0 Å². The van der Waals surface area contributed by atoms with E-state index in [0.29, 0.717) is 22.7 Å². The first-order chi connectivity index (χ1) is 6.19. The van der Waals surface area contributed by atoms with Crippen LogP contribution in [0.5, 0.6) is 0 Å². The summed E-state index contributed by atoms with van der Waals surface area (Å²) in [5.74, 6) is 0. The molecule has 0 atom stereocenters. The third-order valence-corrected chi connectivity index (χ3v) is 2.52. The van der Waals surface area contributed by atoms with Gasteiger partial charge in [-0.15, -0.1) is 0 Å². The van der Waals surface area contributed by atoms with Gasteiger partial charge in [0.1, 0.15) is 0 Å². The number of anilines is 1. The van der Waals surface area contributed by atoms with E-state index in [0.717, 1.165) is 3.57 Å². The lowest BCUT2D eigenvalue weighted by atomic mass is 10.2. The molecule has 0 radical (unpaired) electrons. The van der Waals surface area contributed by atoms with Crippen LogP contribution >= 0.6 is 34.2 Å². The molecule has 13 heavy (non-hydrogen) atoms. The van der Waals surface area contributed by atoms with Crippen molar-refractivity contribution in [1.82, 2.24) is 0 Å². The lowest BCUT2D eigenvalue weighted by molar-refractivity contribution is -0.105. The summed E-state index contributed by atoms with van der Waals surface area (Å²) in [4.78, 5) is 10.2. The fourth-order valence-corrected chi connectivity index (χ4v) is 2.05. The van der Waals surface area contributed by atoms with Crippen LogP contribution in [0.15, 0.2) is 12.1 Å². The lowest BCUT2D eigenvalue weighted by Gasteiger charge is -2.04. The Labute approximate surface area is 93.8 Å². The van der Waals surface area contributed by atoms with E-state index < -0.39 is 0 Å². The van der Waals surface area contributed by atoms with Crippen molar-refractivity contribution in [3.05, 3.63) is 26.3 Å². The van der Waals surface area contributed by atoms with Gasteiger partial charge in [0.15, 0.2) is 0 Å². The molecule has 1 aromatic rings. The molecule has 0 aliphatic rings.